The minimum Gasteiger partial charge on any atom is -0.334 e. The van der Waals surface area contributed by atoms with Crippen LogP contribution in [0.5, 0.6) is 0 Å². The fraction of sp³-hybridized carbons (Fsp3) is 0.600. The first-order chi connectivity index (χ1) is 7.20. The van der Waals surface area contributed by atoms with Crippen LogP contribution in [0.15, 0.2) is 4.79 Å². The number of H-pyrrole nitrogens is 2. The summed E-state index contributed by atoms with van der Waals surface area (Å²) in [4.78, 5) is 19.6. The molecule has 1 aliphatic rings. The van der Waals surface area contributed by atoms with Gasteiger partial charge in [0.1, 0.15) is 0 Å². The van der Waals surface area contributed by atoms with E-state index < -0.39 is 0 Å². The van der Waals surface area contributed by atoms with E-state index in [1.165, 1.54) is 0 Å². The molecule has 2 rings (SSSR count). The van der Waals surface area contributed by atoms with Crippen LogP contribution in [0.2, 0.25) is 0 Å². The summed E-state index contributed by atoms with van der Waals surface area (Å²) in [6.07, 6.45) is 1.95. The van der Waals surface area contributed by atoms with Crippen molar-refractivity contribution in [3.63, 3.8) is 0 Å². The van der Waals surface area contributed by atoms with Gasteiger partial charge in [0.2, 0.25) is 0 Å². The van der Waals surface area contributed by atoms with Crippen molar-refractivity contribution in [2.45, 2.75) is 26.3 Å². The largest absolute Gasteiger partial charge is 0.334 e. The lowest BCUT2D eigenvalue weighted by atomic mass is 10.1. The third kappa shape index (κ3) is 2.18. The minimum atomic E-state index is -0.0232. The summed E-state index contributed by atoms with van der Waals surface area (Å²) in [5.74, 6) is 0. The monoisotopic (exact) mass is 225 g/mol. The highest BCUT2D eigenvalue weighted by molar-refractivity contribution is 7.71. The number of nitrogens with zero attached hydrogens (tertiary/aromatic N) is 1. The van der Waals surface area contributed by atoms with E-state index in [1.54, 1.807) is 0 Å². The van der Waals surface area contributed by atoms with Crippen LogP contribution in [0.1, 0.15) is 24.6 Å². The minimum absolute atomic E-state index is 0.0232. The van der Waals surface area contributed by atoms with E-state index in [9.17, 15) is 4.79 Å². The molecule has 2 heterocycles. The van der Waals surface area contributed by atoms with Crippen LogP contribution < -0.4 is 5.56 Å². The normalized spacial score (nSPS) is 16.3. The van der Waals surface area contributed by atoms with E-state index in [0.29, 0.717) is 4.77 Å². The molecule has 0 radical (unpaired) electrons. The Bertz CT molecular complexity index is 462. The number of nitrogens with one attached hydrogen (secondary N) is 2. The molecule has 0 amide bonds. The molecule has 1 aromatic rings. The molecule has 5 heteroatoms. The second-order valence-corrected chi connectivity index (χ2v) is 4.30. The molecule has 0 atom stereocenters. The zero-order chi connectivity index (χ0) is 10.8. The van der Waals surface area contributed by atoms with Crippen molar-refractivity contribution in [2.24, 2.45) is 0 Å². The van der Waals surface area contributed by atoms with Crippen molar-refractivity contribution in [1.82, 2.24) is 14.9 Å². The number of hydrogen-bond donors (Lipinski definition) is 2. The van der Waals surface area contributed by atoms with Gasteiger partial charge in [-0.05, 0) is 31.6 Å². The lowest BCUT2D eigenvalue weighted by Gasteiger charge is -2.27. The zero-order valence-electron chi connectivity index (χ0n) is 8.80. The average molecular weight is 225 g/mol. The maximum absolute atomic E-state index is 11.6. The zero-order valence-corrected chi connectivity index (χ0v) is 9.62. The first kappa shape index (κ1) is 10.6. The van der Waals surface area contributed by atoms with Crippen molar-refractivity contribution >= 4 is 12.2 Å². The summed E-state index contributed by atoms with van der Waals surface area (Å²) in [5, 5.41) is 0. The molecular formula is C10H15N3OS. The summed E-state index contributed by atoms with van der Waals surface area (Å²) in [6, 6.07) is 0. The second kappa shape index (κ2) is 4.28. The Morgan fingerprint density at radius 1 is 1.47 bits per heavy atom. The van der Waals surface area contributed by atoms with Gasteiger partial charge >= 0.3 is 0 Å². The highest BCUT2D eigenvalue weighted by Crippen LogP contribution is 2.12. The molecule has 1 aliphatic heterocycles. The van der Waals surface area contributed by atoms with E-state index in [1.807, 2.05) is 0 Å². The summed E-state index contributed by atoms with van der Waals surface area (Å²) in [5.41, 5.74) is 1.84. The molecule has 4 nitrogen and oxygen atoms in total. The summed E-state index contributed by atoms with van der Waals surface area (Å²) in [7, 11) is 0. The average Bonchev–Trinajstić information content (AvgIpc) is 2.17. The topological polar surface area (TPSA) is 51.9 Å². The van der Waals surface area contributed by atoms with Crippen molar-refractivity contribution in [3.8, 4) is 0 Å². The Balaban J connectivity index is 2.33. The molecule has 2 N–H and O–H groups in total. The molecule has 0 saturated heterocycles. The number of aromatic nitrogens is 2. The second-order valence-electron chi connectivity index (χ2n) is 3.89. The van der Waals surface area contributed by atoms with Gasteiger partial charge in [-0.15, -0.1) is 0 Å². The third-order valence-corrected chi connectivity index (χ3v) is 2.93. The van der Waals surface area contributed by atoms with Gasteiger partial charge in [-0.2, -0.15) is 0 Å². The Kier molecular flexibility index (Phi) is 3.02. The van der Waals surface area contributed by atoms with Gasteiger partial charge in [0.25, 0.3) is 5.56 Å². The molecule has 0 spiro atoms. The van der Waals surface area contributed by atoms with Crippen molar-refractivity contribution in [3.05, 3.63) is 26.4 Å². The van der Waals surface area contributed by atoms with Gasteiger partial charge < -0.3 is 4.98 Å². The van der Waals surface area contributed by atoms with E-state index in [0.717, 1.165) is 43.7 Å². The van der Waals surface area contributed by atoms with E-state index in [2.05, 4.69) is 21.8 Å². The van der Waals surface area contributed by atoms with Crippen LogP contribution in [0.4, 0.5) is 0 Å². The van der Waals surface area contributed by atoms with Crippen LogP contribution in [0, 0.1) is 4.77 Å². The fourth-order valence-electron chi connectivity index (χ4n) is 2.04. The molecule has 0 saturated carbocycles. The van der Waals surface area contributed by atoms with E-state index in [4.69, 9.17) is 12.2 Å². The predicted octanol–water partition coefficient (Wildman–Crippen LogP) is 1.20. The fourth-order valence-corrected chi connectivity index (χ4v) is 2.25. The lowest BCUT2D eigenvalue weighted by Crippen LogP contribution is -2.35. The molecule has 0 fully saturated rings. The molecule has 1 aromatic heterocycles. The Hall–Kier alpha value is -0.940. The molecule has 0 bridgehead atoms. The Labute approximate surface area is 93.3 Å². The van der Waals surface area contributed by atoms with Gasteiger partial charge in [0.05, 0.1) is 0 Å². The Morgan fingerprint density at radius 3 is 3.00 bits per heavy atom. The van der Waals surface area contributed by atoms with Crippen LogP contribution >= 0.6 is 12.2 Å². The predicted molar refractivity (Wildman–Crippen MR) is 61.5 cm³/mol. The quantitative estimate of drug-likeness (QED) is 0.744. The number of fused-ring (bicyclic) bond motifs is 1. The van der Waals surface area contributed by atoms with Crippen LogP contribution in [-0.2, 0) is 13.0 Å². The lowest BCUT2D eigenvalue weighted by molar-refractivity contribution is 0.249. The maximum atomic E-state index is 11.6. The summed E-state index contributed by atoms with van der Waals surface area (Å²) in [6.45, 7) is 5.02. The van der Waals surface area contributed by atoms with Crippen LogP contribution in [-0.4, -0.2) is 28.0 Å². The highest BCUT2D eigenvalue weighted by Gasteiger charge is 2.18. The molecule has 0 aliphatic carbocycles. The third-order valence-electron chi connectivity index (χ3n) is 2.73. The van der Waals surface area contributed by atoms with Gasteiger partial charge in [0, 0.05) is 24.3 Å². The van der Waals surface area contributed by atoms with Crippen LogP contribution in [0.3, 0.4) is 0 Å². The van der Waals surface area contributed by atoms with Crippen molar-refractivity contribution < 1.29 is 0 Å². The highest BCUT2D eigenvalue weighted by atomic mass is 32.1. The maximum Gasteiger partial charge on any atom is 0.255 e. The first-order valence-corrected chi connectivity index (χ1v) is 5.68. The molecule has 82 valence electrons. The van der Waals surface area contributed by atoms with Gasteiger partial charge in [-0.1, -0.05) is 6.92 Å². The van der Waals surface area contributed by atoms with Gasteiger partial charge in [-0.25, -0.2) is 0 Å². The Morgan fingerprint density at radius 2 is 2.27 bits per heavy atom. The molecule has 0 unspecified atom stereocenters. The molecular weight excluding hydrogens is 210 g/mol. The van der Waals surface area contributed by atoms with Crippen molar-refractivity contribution in [1.29, 1.82) is 0 Å². The molecule has 15 heavy (non-hydrogen) atoms. The van der Waals surface area contributed by atoms with Gasteiger partial charge in [-0.3, -0.25) is 14.7 Å². The number of hydrogen-bond acceptors (Lipinski definition) is 3. The number of rotatable bonds is 2. The summed E-state index contributed by atoms with van der Waals surface area (Å²) >= 11 is 4.96. The molecule has 0 aromatic carbocycles. The van der Waals surface area contributed by atoms with E-state index >= 15 is 0 Å². The standard InChI is InChI=1S/C10H15N3OS/c1-2-4-13-5-3-7-8(6-13)11-10(15)12-9(7)14/h2-6H2,1H3,(H2,11,12,14,15). The van der Waals surface area contributed by atoms with Crippen LogP contribution in [0.25, 0.3) is 0 Å². The summed E-state index contributed by atoms with van der Waals surface area (Å²) < 4.78 is 0.428. The van der Waals surface area contributed by atoms with Crippen molar-refractivity contribution in [2.75, 3.05) is 13.1 Å². The SMILES string of the molecule is CCCN1CCc2c([nH]c(=S)[nH]c2=O)C1. The smallest absolute Gasteiger partial charge is 0.255 e. The van der Waals surface area contributed by atoms with E-state index in [-0.39, 0.29) is 5.56 Å². The first-order valence-electron chi connectivity index (χ1n) is 5.27. The number of aromatic amines is 2. The van der Waals surface area contributed by atoms with Gasteiger partial charge in [0.15, 0.2) is 4.77 Å².